The number of hydrogen-bond acceptors (Lipinski definition) is 5. The van der Waals surface area contributed by atoms with Gasteiger partial charge in [0.15, 0.2) is 0 Å². The topological polar surface area (TPSA) is 79.8 Å². The Morgan fingerprint density at radius 1 is 1.46 bits per heavy atom. The summed E-state index contributed by atoms with van der Waals surface area (Å²) in [4.78, 5) is 12.0. The molecule has 0 spiro atoms. The molecule has 1 aromatic carbocycles. The van der Waals surface area contributed by atoms with Gasteiger partial charge in [0.1, 0.15) is 0 Å². The lowest BCUT2D eigenvalue weighted by atomic mass is 9.89. The Kier molecular flexibility index (Phi) is 7.17. The second kappa shape index (κ2) is 9.13. The van der Waals surface area contributed by atoms with Crippen molar-refractivity contribution in [2.75, 3.05) is 33.4 Å². The zero-order valence-corrected chi connectivity index (χ0v) is 14.5. The number of rotatable bonds is 10. The monoisotopic (exact) mass is 336 g/mol. The van der Waals surface area contributed by atoms with Crippen molar-refractivity contribution in [3.05, 3.63) is 35.9 Å². The summed E-state index contributed by atoms with van der Waals surface area (Å²) in [6.45, 7) is 4.45. The largest absolute Gasteiger partial charge is 0.478 e. The first-order valence-electron chi connectivity index (χ1n) is 8.55. The summed E-state index contributed by atoms with van der Waals surface area (Å²) in [7, 11) is 1.62. The maximum absolute atomic E-state index is 12.0. The average Bonchev–Trinajstić information content (AvgIpc) is 3.04. The highest BCUT2D eigenvalue weighted by Crippen LogP contribution is 2.37. The average molecular weight is 336 g/mol. The molecule has 1 fully saturated rings. The fraction of sp³-hybridized carbons (Fsp3) is 0.611. The summed E-state index contributed by atoms with van der Waals surface area (Å²) in [5.74, 6) is -1.21. The minimum absolute atomic E-state index is 0.188. The zero-order chi connectivity index (χ0) is 17.4. The summed E-state index contributed by atoms with van der Waals surface area (Å²) in [6, 6.07) is 9.68. The van der Waals surface area contributed by atoms with E-state index in [4.69, 9.17) is 9.47 Å². The number of nitrogens with one attached hydrogen (secondary N) is 2. The van der Waals surface area contributed by atoms with E-state index in [9.17, 15) is 9.90 Å². The van der Waals surface area contributed by atoms with E-state index < -0.39 is 11.7 Å². The zero-order valence-electron chi connectivity index (χ0n) is 14.5. The highest BCUT2D eigenvalue weighted by molar-refractivity contribution is 5.79. The number of methoxy groups -OCH3 is 1. The normalized spacial score (nSPS) is 24.8. The number of carboxylic acids is 1. The molecular weight excluding hydrogens is 308 g/mol. The van der Waals surface area contributed by atoms with Crippen LogP contribution in [0.2, 0.25) is 0 Å². The van der Waals surface area contributed by atoms with Gasteiger partial charge in [0.05, 0.1) is 12.7 Å². The smallest absolute Gasteiger partial charge is 0.352 e. The first-order chi connectivity index (χ1) is 11.6. The van der Waals surface area contributed by atoms with Crippen molar-refractivity contribution in [2.45, 2.75) is 37.5 Å². The molecule has 0 aliphatic carbocycles. The standard InChI is InChI=1S/C18H28N2O4/c1-3-10-19-12-15(23-2)13-24-18(17(21)22)16(9-11-20-18)14-7-5-4-6-8-14/h4-8,15-16,19-20H,3,9-13H2,1-2H3,(H,21,22)/t15?,16?,18-/m1/s1. The summed E-state index contributed by atoms with van der Waals surface area (Å²) in [5.41, 5.74) is -0.425. The minimum Gasteiger partial charge on any atom is -0.478 e. The van der Waals surface area contributed by atoms with Gasteiger partial charge in [-0.2, -0.15) is 0 Å². The molecule has 2 rings (SSSR count). The Labute approximate surface area is 143 Å². The quantitative estimate of drug-likeness (QED) is 0.563. The van der Waals surface area contributed by atoms with Crippen molar-refractivity contribution in [3.63, 3.8) is 0 Å². The number of carboxylic acid groups (broad SMARTS) is 1. The van der Waals surface area contributed by atoms with Crippen molar-refractivity contribution in [1.82, 2.24) is 10.6 Å². The Bertz CT molecular complexity index is 511. The van der Waals surface area contributed by atoms with Crippen LogP contribution in [0.25, 0.3) is 0 Å². The third-order valence-electron chi connectivity index (χ3n) is 4.46. The van der Waals surface area contributed by atoms with Crippen molar-refractivity contribution in [2.24, 2.45) is 0 Å². The Balaban J connectivity index is 2.08. The van der Waals surface area contributed by atoms with Crippen LogP contribution in [0, 0.1) is 0 Å². The summed E-state index contributed by atoms with van der Waals surface area (Å²) in [5, 5.41) is 16.2. The van der Waals surface area contributed by atoms with Gasteiger partial charge in [0.25, 0.3) is 0 Å². The van der Waals surface area contributed by atoms with Gasteiger partial charge in [0.2, 0.25) is 5.72 Å². The fourth-order valence-electron chi connectivity index (χ4n) is 3.13. The first-order valence-corrected chi connectivity index (χ1v) is 8.55. The lowest BCUT2D eigenvalue weighted by Gasteiger charge is -2.33. The lowest BCUT2D eigenvalue weighted by Crippen LogP contribution is -2.55. The molecule has 0 amide bonds. The highest BCUT2D eigenvalue weighted by atomic mass is 16.6. The second-order valence-corrected chi connectivity index (χ2v) is 6.09. The lowest BCUT2D eigenvalue weighted by molar-refractivity contribution is -0.176. The third kappa shape index (κ3) is 4.33. The molecule has 0 saturated carbocycles. The Morgan fingerprint density at radius 3 is 2.83 bits per heavy atom. The van der Waals surface area contributed by atoms with Crippen LogP contribution in [0.4, 0.5) is 0 Å². The first kappa shape index (κ1) is 18.9. The molecule has 134 valence electrons. The predicted octanol–water partition coefficient (Wildman–Crippen LogP) is 1.58. The molecule has 0 aromatic heterocycles. The van der Waals surface area contributed by atoms with Crippen molar-refractivity contribution >= 4 is 5.97 Å². The molecule has 3 atom stereocenters. The second-order valence-electron chi connectivity index (χ2n) is 6.09. The van der Waals surface area contributed by atoms with Crippen LogP contribution in [0.3, 0.4) is 0 Å². The van der Waals surface area contributed by atoms with Crippen LogP contribution in [0.1, 0.15) is 31.2 Å². The summed E-state index contributed by atoms with van der Waals surface area (Å²) in [6.07, 6.45) is 1.57. The molecule has 3 N–H and O–H groups in total. The van der Waals surface area contributed by atoms with Gasteiger partial charge in [-0.1, -0.05) is 37.3 Å². The van der Waals surface area contributed by atoms with Crippen molar-refractivity contribution < 1.29 is 19.4 Å². The van der Waals surface area contributed by atoms with E-state index in [1.54, 1.807) is 7.11 Å². The van der Waals surface area contributed by atoms with E-state index in [1.807, 2.05) is 30.3 Å². The van der Waals surface area contributed by atoms with Crippen LogP contribution in [-0.4, -0.2) is 56.3 Å². The Hall–Kier alpha value is -1.47. The van der Waals surface area contributed by atoms with Crippen LogP contribution >= 0.6 is 0 Å². The molecule has 1 aliphatic heterocycles. The van der Waals surface area contributed by atoms with Gasteiger partial charge in [0, 0.05) is 19.6 Å². The molecule has 1 aliphatic rings. The fourth-order valence-corrected chi connectivity index (χ4v) is 3.13. The molecule has 1 saturated heterocycles. The number of benzene rings is 1. The van der Waals surface area contributed by atoms with Gasteiger partial charge < -0.3 is 19.9 Å². The van der Waals surface area contributed by atoms with Gasteiger partial charge in [-0.05, 0) is 31.5 Å². The minimum atomic E-state index is -1.40. The number of hydrogen-bond donors (Lipinski definition) is 3. The maximum Gasteiger partial charge on any atom is 0.352 e. The highest BCUT2D eigenvalue weighted by Gasteiger charge is 2.51. The van der Waals surface area contributed by atoms with Crippen molar-refractivity contribution in [3.8, 4) is 0 Å². The molecule has 0 radical (unpaired) electrons. The molecule has 1 aromatic rings. The summed E-state index contributed by atoms with van der Waals surface area (Å²) >= 11 is 0. The Morgan fingerprint density at radius 2 is 2.21 bits per heavy atom. The molecule has 6 heteroatoms. The van der Waals surface area contributed by atoms with Crippen molar-refractivity contribution in [1.29, 1.82) is 0 Å². The molecular formula is C18H28N2O4. The third-order valence-corrected chi connectivity index (χ3v) is 4.46. The van der Waals surface area contributed by atoms with E-state index in [1.165, 1.54) is 0 Å². The van der Waals surface area contributed by atoms with Gasteiger partial charge in [-0.15, -0.1) is 0 Å². The number of ether oxygens (including phenoxy) is 2. The van der Waals surface area contributed by atoms with Crippen LogP contribution in [-0.2, 0) is 14.3 Å². The number of aliphatic carboxylic acids is 1. The maximum atomic E-state index is 12.0. The SMILES string of the molecule is CCCNCC(CO[C@]1(C(=O)O)NCCC1c1ccccc1)OC. The molecule has 2 unspecified atom stereocenters. The van der Waals surface area contributed by atoms with E-state index in [0.717, 1.165) is 24.9 Å². The van der Waals surface area contributed by atoms with Crippen LogP contribution in [0.5, 0.6) is 0 Å². The van der Waals surface area contributed by atoms with Gasteiger partial charge >= 0.3 is 5.97 Å². The van der Waals surface area contributed by atoms with Crippen LogP contribution < -0.4 is 10.6 Å². The van der Waals surface area contributed by atoms with Gasteiger partial charge in [-0.25, -0.2) is 4.79 Å². The molecule has 24 heavy (non-hydrogen) atoms. The predicted molar refractivity (Wildman–Crippen MR) is 92.1 cm³/mol. The van der Waals surface area contributed by atoms with E-state index in [-0.39, 0.29) is 18.6 Å². The number of carbonyl (C=O) groups is 1. The molecule has 6 nitrogen and oxygen atoms in total. The molecule has 1 heterocycles. The van der Waals surface area contributed by atoms with E-state index in [2.05, 4.69) is 17.6 Å². The van der Waals surface area contributed by atoms with Gasteiger partial charge in [-0.3, -0.25) is 5.32 Å². The van der Waals surface area contributed by atoms with E-state index >= 15 is 0 Å². The van der Waals surface area contributed by atoms with E-state index in [0.29, 0.717) is 13.1 Å². The molecule has 0 bridgehead atoms. The summed E-state index contributed by atoms with van der Waals surface area (Å²) < 4.78 is 11.3. The van der Waals surface area contributed by atoms with Crippen LogP contribution in [0.15, 0.2) is 30.3 Å².